The molecule has 1 aromatic heterocycles. The molecule has 0 fully saturated rings. The van der Waals surface area contributed by atoms with E-state index in [1.807, 2.05) is 31.5 Å². The monoisotopic (exact) mass is 209 g/mol. The second-order valence-electron chi connectivity index (χ2n) is 4.08. The standard InChI is InChI=1S/C11H19N3O/c1-9(2)8-12-11(15)10(3)13-14-6-4-5-7-14/h4-7,9-10,13H,8H2,1-3H3,(H,12,15). The molecule has 2 N–H and O–H groups in total. The first-order valence-corrected chi connectivity index (χ1v) is 5.27. The van der Waals surface area contributed by atoms with Crippen LogP contribution in [-0.4, -0.2) is 23.2 Å². The van der Waals surface area contributed by atoms with Crippen molar-refractivity contribution in [3.63, 3.8) is 0 Å². The molecule has 0 saturated carbocycles. The van der Waals surface area contributed by atoms with Crippen LogP contribution >= 0.6 is 0 Å². The summed E-state index contributed by atoms with van der Waals surface area (Å²) in [6, 6.07) is 3.59. The molecule has 1 amide bonds. The first-order valence-electron chi connectivity index (χ1n) is 5.27. The van der Waals surface area contributed by atoms with Crippen LogP contribution in [0.25, 0.3) is 0 Å². The molecule has 84 valence electrons. The topological polar surface area (TPSA) is 46.1 Å². The minimum absolute atomic E-state index is 0.0254. The third-order valence-electron chi connectivity index (χ3n) is 2.02. The highest BCUT2D eigenvalue weighted by Gasteiger charge is 2.11. The minimum atomic E-state index is -0.226. The Balaban J connectivity index is 2.33. The van der Waals surface area contributed by atoms with Crippen molar-refractivity contribution in [1.82, 2.24) is 9.99 Å². The summed E-state index contributed by atoms with van der Waals surface area (Å²) in [7, 11) is 0. The van der Waals surface area contributed by atoms with Gasteiger partial charge >= 0.3 is 0 Å². The van der Waals surface area contributed by atoms with Crippen molar-refractivity contribution in [2.24, 2.45) is 5.92 Å². The number of carbonyl (C=O) groups is 1. The first kappa shape index (κ1) is 11.6. The summed E-state index contributed by atoms with van der Waals surface area (Å²) >= 11 is 0. The lowest BCUT2D eigenvalue weighted by atomic mass is 10.2. The van der Waals surface area contributed by atoms with Crippen molar-refractivity contribution < 1.29 is 4.79 Å². The molecule has 1 unspecified atom stereocenters. The summed E-state index contributed by atoms with van der Waals surface area (Å²) in [6.45, 7) is 6.71. The maximum absolute atomic E-state index is 11.6. The summed E-state index contributed by atoms with van der Waals surface area (Å²) in [5, 5.41) is 2.88. The molecular weight excluding hydrogens is 190 g/mol. The molecule has 4 heteroatoms. The first-order chi connectivity index (χ1) is 7.09. The van der Waals surface area contributed by atoms with Crippen LogP contribution in [0.5, 0.6) is 0 Å². The predicted molar refractivity (Wildman–Crippen MR) is 61.1 cm³/mol. The molecule has 4 nitrogen and oxygen atoms in total. The normalized spacial score (nSPS) is 12.5. The number of carbonyl (C=O) groups excluding carboxylic acids is 1. The van der Waals surface area contributed by atoms with Gasteiger partial charge in [0.25, 0.3) is 0 Å². The molecule has 1 atom stereocenters. The Morgan fingerprint density at radius 3 is 2.40 bits per heavy atom. The molecule has 0 spiro atoms. The highest BCUT2D eigenvalue weighted by molar-refractivity contribution is 5.82. The van der Waals surface area contributed by atoms with E-state index in [4.69, 9.17) is 0 Å². The second kappa shape index (κ2) is 5.44. The van der Waals surface area contributed by atoms with Gasteiger partial charge in [-0.15, -0.1) is 0 Å². The van der Waals surface area contributed by atoms with Crippen LogP contribution in [0.3, 0.4) is 0 Å². The lowest BCUT2D eigenvalue weighted by Gasteiger charge is -2.16. The maximum Gasteiger partial charge on any atom is 0.243 e. The van der Waals surface area contributed by atoms with E-state index in [9.17, 15) is 4.79 Å². The molecule has 0 aliphatic carbocycles. The Morgan fingerprint density at radius 2 is 1.87 bits per heavy atom. The fourth-order valence-corrected chi connectivity index (χ4v) is 1.16. The molecule has 0 aliphatic heterocycles. The van der Waals surface area contributed by atoms with E-state index in [2.05, 4.69) is 24.6 Å². The van der Waals surface area contributed by atoms with Crippen LogP contribution < -0.4 is 10.7 Å². The predicted octanol–water partition coefficient (Wildman–Crippen LogP) is 1.19. The number of amides is 1. The van der Waals surface area contributed by atoms with Gasteiger partial charge in [-0.05, 0) is 25.0 Å². The van der Waals surface area contributed by atoms with E-state index in [1.165, 1.54) is 0 Å². The van der Waals surface area contributed by atoms with Crippen molar-refractivity contribution in [3.8, 4) is 0 Å². The van der Waals surface area contributed by atoms with Gasteiger partial charge in [0.05, 0.1) is 0 Å². The molecule has 1 rings (SSSR count). The summed E-state index contributed by atoms with van der Waals surface area (Å²) in [6.07, 6.45) is 3.73. The maximum atomic E-state index is 11.6. The zero-order chi connectivity index (χ0) is 11.3. The fourth-order valence-electron chi connectivity index (χ4n) is 1.16. The zero-order valence-electron chi connectivity index (χ0n) is 9.53. The average molecular weight is 209 g/mol. The second-order valence-corrected chi connectivity index (χ2v) is 4.08. The number of nitrogens with one attached hydrogen (secondary N) is 2. The highest BCUT2D eigenvalue weighted by atomic mass is 16.2. The van der Waals surface area contributed by atoms with Gasteiger partial charge in [0.15, 0.2) is 0 Å². The summed E-state index contributed by atoms with van der Waals surface area (Å²) in [5.41, 5.74) is 3.05. The van der Waals surface area contributed by atoms with Crippen molar-refractivity contribution in [2.45, 2.75) is 26.8 Å². The molecule has 0 radical (unpaired) electrons. The fraction of sp³-hybridized carbons (Fsp3) is 0.545. The van der Waals surface area contributed by atoms with Gasteiger partial charge in [0, 0.05) is 18.9 Å². The van der Waals surface area contributed by atoms with Gasteiger partial charge in [-0.3, -0.25) is 9.47 Å². The van der Waals surface area contributed by atoms with E-state index in [-0.39, 0.29) is 11.9 Å². The number of hydrogen-bond donors (Lipinski definition) is 2. The lowest BCUT2D eigenvalue weighted by molar-refractivity contribution is -0.121. The minimum Gasteiger partial charge on any atom is -0.354 e. The Hall–Kier alpha value is -1.45. The van der Waals surface area contributed by atoms with Crippen molar-refractivity contribution >= 4 is 5.91 Å². The molecule has 0 aromatic carbocycles. The van der Waals surface area contributed by atoms with Gasteiger partial charge < -0.3 is 10.7 Å². The van der Waals surface area contributed by atoms with E-state index in [1.54, 1.807) is 4.68 Å². The molecular formula is C11H19N3O. The number of aromatic nitrogens is 1. The van der Waals surface area contributed by atoms with Gasteiger partial charge in [-0.2, -0.15) is 0 Å². The Labute approximate surface area is 90.6 Å². The van der Waals surface area contributed by atoms with Crippen LogP contribution in [0.15, 0.2) is 24.5 Å². The molecule has 15 heavy (non-hydrogen) atoms. The van der Waals surface area contributed by atoms with Crippen molar-refractivity contribution in [1.29, 1.82) is 0 Å². The van der Waals surface area contributed by atoms with E-state index in [0.717, 1.165) is 6.54 Å². The van der Waals surface area contributed by atoms with Crippen LogP contribution in [0.1, 0.15) is 20.8 Å². The molecule has 0 saturated heterocycles. The molecule has 1 heterocycles. The van der Waals surface area contributed by atoms with E-state index < -0.39 is 0 Å². The number of nitrogens with zero attached hydrogens (tertiary/aromatic N) is 1. The smallest absolute Gasteiger partial charge is 0.243 e. The third-order valence-corrected chi connectivity index (χ3v) is 2.02. The van der Waals surface area contributed by atoms with Crippen LogP contribution in [0.2, 0.25) is 0 Å². The lowest BCUT2D eigenvalue weighted by Crippen LogP contribution is -2.41. The van der Waals surface area contributed by atoms with Gasteiger partial charge in [0.2, 0.25) is 5.91 Å². The third kappa shape index (κ3) is 4.06. The van der Waals surface area contributed by atoms with Gasteiger partial charge in [-0.1, -0.05) is 13.8 Å². The van der Waals surface area contributed by atoms with Crippen LogP contribution in [0.4, 0.5) is 0 Å². The molecule has 0 aliphatic rings. The van der Waals surface area contributed by atoms with Crippen molar-refractivity contribution in [2.75, 3.05) is 12.0 Å². The highest BCUT2D eigenvalue weighted by Crippen LogP contribution is 1.92. The van der Waals surface area contributed by atoms with Crippen molar-refractivity contribution in [3.05, 3.63) is 24.5 Å². The Bertz CT molecular complexity index is 293. The number of hydrogen-bond acceptors (Lipinski definition) is 2. The summed E-state index contributed by atoms with van der Waals surface area (Å²) in [4.78, 5) is 11.6. The molecule has 1 aromatic rings. The Morgan fingerprint density at radius 1 is 1.27 bits per heavy atom. The molecule has 0 bridgehead atoms. The van der Waals surface area contributed by atoms with Gasteiger partial charge in [-0.25, -0.2) is 0 Å². The van der Waals surface area contributed by atoms with E-state index in [0.29, 0.717) is 5.92 Å². The summed E-state index contributed by atoms with van der Waals surface area (Å²) < 4.78 is 1.78. The Kier molecular flexibility index (Phi) is 4.21. The van der Waals surface area contributed by atoms with Crippen LogP contribution in [-0.2, 0) is 4.79 Å². The average Bonchev–Trinajstić information content (AvgIpc) is 2.66. The van der Waals surface area contributed by atoms with Crippen LogP contribution in [0, 0.1) is 5.92 Å². The van der Waals surface area contributed by atoms with E-state index >= 15 is 0 Å². The summed E-state index contributed by atoms with van der Waals surface area (Å²) in [5.74, 6) is 0.505. The largest absolute Gasteiger partial charge is 0.354 e. The number of rotatable bonds is 5. The quantitative estimate of drug-likeness (QED) is 0.765. The SMILES string of the molecule is CC(C)CNC(=O)C(C)Nn1cccc1. The van der Waals surface area contributed by atoms with Gasteiger partial charge in [0.1, 0.15) is 6.04 Å². The zero-order valence-corrected chi connectivity index (χ0v) is 9.53.